The topological polar surface area (TPSA) is 47.2 Å². The van der Waals surface area contributed by atoms with Crippen molar-refractivity contribution in [3.63, 3.8) is 0 Å². The van der Waals surface area contributed by atoms with E-state index in [9.17, 15) is 4.79 Å². The third-order valence-corrected chi connectivity index (χ3v) is 5.78. The Hall–Kier alpha value is -3.05. The summed E-state index contributed by atoms with van der Waals surface area (Å²) in [6.07, 6.45) is 1.70. The number of nitrogens with zero attached hydrogens (tertiary/aromatic N) is 3. The summed E-state index contributed by atoms with van der Waals surface area (Å²) in [5, 5.41) is 5.07. The average Bonchev–Trinajstić information content (AvgIpc) is 2.96. The summed E-state index contributed by atoms with van der Waals surface area (Å²) in [4.78, 5) is 19.3. The van der Waals surface area contributed by atoms with Gasteiger partial charge < -0.3 is 0 Å². The molecule has 0 radical (unpaired) electrons. The number of benzene rings is 2. The van der Waals surface area contributed by atoms with Gasteiger partial charge in [-0.3, -0.25) is 4.79 Å². The Labute approximate surface area is 161 Å². The zero-order valence-corrected chi connectivity index (χ0v) is 16.2. The molecule has 0 aliphatic carbocycles. The van der Waals surface area contributed by atoms with Gasteiger partial charge in [-0.05, 0) is 43.0 Å². The molecular formula is C22H19N3OS. The molecule has 0 unspecified atom stereocenters. The highest BCUT2D eigenvalue weighted by molar-refractivity contribution is 7.18. The molecule has 0 saturated carbocycles. The largest absolute Gasteiger partial charge is 0.283 e. The summed E-state index contributed by atoms with van der Waals surface area (Å²) in [5.41, 5.74) is 4.12. The molecule has 0 spiro atoms. The summed E-state index contributed by atoms with van der Waals surface area (Å²) >= 11 is 1.55. The zero-order chi connectivity index (χ0) is 19.0. The molecule has 0 saturated heterocycles. The van der Waals surface area contributed by atoms with Crippen molar-refractivity contribution in [2.45, 2.75) is 20.8 Å². The molecule has 5 heteroatoms. The van der Waals surface area contributed by atoms with Crippen molar-refractivity contribution < 1.29 is 0 Å². The van der Waals surface area contributed by atoms with Crippen LogP contribution in [0.4, 0.5) is 0 Å². The van der Waals surface area contributed by atoms with Gasteiger partial charge in [-0.15, -0.1) is 11.3 Å². The normalized spacial score (nSPS) is 11.5. The summed E-state index contributed by atoms with van der Waals surface area (Å²) in [6, 6.07) is 18.3. The monoisotopic (exact) mass is 373 g/mol. The lowest BCUT2D eigenvalue weighted by molar-refractivity contribution is 0.772. The molecule has 0 amide bonds. The highest BCUT2D eigenvalue weighted by atomic mass is 32.1. The van der Waals surface area contributed by atoms with E-state index in [-0.39, 0.29) is 5.56 Å². The predicted octanol–water partition coefficient (Wildman–Crippen LogP) is 4.93. The Morgan fingerprint density at radius 1 is 0.963 bits per heavy atom. The van der Waals surface area contributed by atoms with Gasteiger partial charge in [0.2, 0.25) is 0 Å². The number of rotatable bonds is 3. The van der Waals surface area contributed by atoms with E-state index >= 15 is 0 Å². The number of aromatic nitrogens is 2. The molecule has 0 aliphatic heterocycles. The van der Waals surface area contributed by atoms with Gasteiger partial charge in [0.25, 0.3) is 5.56 Å². The van der Waals surface area contributed by atoms with Gasteiger partial charge in [0, 0.05) is 4.88 Å². The second-order valence-electron chi connectivity index (χ2n) is 6.47. The lowest BCUT2D eigenvalue weighted by Gasteiger charge is -2.04. The molecule has 2 aromatic heterocycles. The highest BCUT2D eigenvalue weighted by Crippen LogP contribution is 2.26. The minimum Gasteiger partial charge on any atom is -0.267 e. The Balaban J connectivity index is 1.69. The standard InChI is InChI=1S/C22H19N3OS/c1-14-15(2)27-21-20(14)22(26)25(16(3)24-21)23-13-17-9-11-19(12-10-17)18-7-5-4-6-8-18/h4-13H,1-3H3. The van der Waals surface area contributed by atoms with Crippen LogP contribution in [0.15, 0.2) is 64.5 Å². The first kappa shape index (κ1) is 17.4. The van der Waals surface area contributed by atoms with Gasteiger partial charge >= 0.3 is 0 Å². The van der Waals surface area contributed by atoms with Gasteiger partial charge in [-0.2, -0.15) is 9.78 Å². The molecule has 4 rings (SSSR count). The van der Waals surface area contributed by atoms with Crippen LogP contribution in [0.25, 0.3) is 21.3 Å². The average molecular weight is 373 g/mol. The van der Waals surface area contributed by atoms with Crippen molar-refractivity contribution in [1.29, 1.82) is 0 Å². The maximum absolute atomic E-state index is 12.9. The summed E-state index contributed by atoms with van der Waals surface area (Å²) in [7, 11) is 0. The molecule has 0 atom stereocenters. The van der Waals surface area contributed by atoms with Crippen LogP contribution in [0.5, 0.6) is 0 Å². The van der Waals surface area contributed by atoms with E-state index < -0.39 is 0 Å². The van der Waals surface area contributed by atoms with Crippen LogP contribution in [0, 0.1) is 20.8 Å². The molecule has 0 N–H and O–H groups in total. The molecule has 134 valence electrons. The number of fused-ring (bicyclic) bond motifs is 1. The molecule has 0 fully saturated rings. The SMILES string of the molecule is Cc1sc2nc(C)n(N=Cc3ccc(-c4ccccc4)cc3)c(=O)c2c1C. The Morgan fingerprint density at radius 3 is 2.33 bits per heavy atom. The van der Waals surface area contributed by atoms with E-state index in [1.807, 2.05) is 44.2 Å². The van der Waals surface area contributed by atoms with Crippen LogP contribution >= 0.6 is 11.3 Å². The van der Waals surface area contributed by atoms with Crippen LogP contribution in [0.2, 0.25) is 0 Å². The second-order valence-corrected chi connectivity index (χ2v) is 7.68. The summed E-state index contributed by atoms with van der Waals surface area (Å²) in [6.45, 7) is 5.78. The summed E-state index contributed by atoms with van der Waals surface area (Å²) in [5.74, 6) is 0.589. The Bertz CT molecular complexity index is 1200. The van der Waals surface area contributed by atoms with Crippen molar-refractivity contribution in [2.24, 2.45) is 5.10 Å². The minimum absolute atomic E-state index is 0.114. The van der Waals surface area contributed by atoms with Gasteiger partial charge in [-0.25, -0.2) is 4.98 Å². The van der Waals surface area contributed by atoms with Crippen LogP contribution in [-0.4, -0.2) is 15.9 Å². The first-order valence-electron chi connectivity index (χ1n) is 8.74. The summed E-state index contributed by atoms with van der Waals surface area (Å²) < 4.78 is 1.38. The molecular weight excluding hydrogens is 354 g/mol. The quantitative estimate of drug-likeness (QED) is 0.478. The molecule has 4 aromatic rings. The molecule has 4 nitrogen and oxygen atoms in total. The van der Waals surface area contributed by atoms with Crippen molar-refractivity contribution in [2.75, 3.05) is 0 Å². The van der Waals surface area contributed by atoms with E-state index in [0.717, 1.165) is 26.4 Å². The van der Waals surface area contributed by atoms with Gasteiger partial charge in [0.05, 0.1) is 11.6 Å². The van der Waals surface area contributed by atoms with E-state index in [1.165, 1.54) is 10.2 Å². The van der Waals surface area contributed by atoms with E-state index in [1.54, 1.807) is 24.5 Å². The lowest BCUT2D eigenvalue weighted by Crippen LogP contribution is -2.20. The molecule has 0 aliphatic rings. The van der Waals surface area contributed by atoms with Crippen LogP contribution in [-0.2, 0) is 0 Å². The number of hydrogen-bond acceptors (Lipinski definition) is 4. The van der Waals surface area contributed by atoms with Crippen LogP contribution in [0.1, 0.15) is 21.8 Å². The fourth-order valence-corrected chi connectivity index (χ4v) is 4.10. The van der Waals surface area contributed by atoms with Gasteiger partial charge in [0.1, 0.15) is 10.7 Å². The molecule has 2 heterocycles. The third-order valence-electron chi connectivity index (χ3n) is 4.68. The lowest BCUT2D eigenvalue weighted by atomic mass is 10.0. The number of thiophene rings is 1. The van der Waals surface area contributed by atoms with Crippen LogP contribution < -0.4 is 5.56 Å². The maximum Gasteiger partial charge on any atom is 0.283 e. The fourth-order valence-electron chi connectivity index (χ4n) is 3.04. The molecule has 27 heavy (non-hydrogen) atoms. The highest BCUT2D eigenvalue weighted by Gasteiger charge is 2.14. The van der Waals surface area contributed by atoms with Crippen molar-refractivity contribution >= 4 is 27.8 Å². The zero-order valence-electron chi connectivity index (χ0n) is 15.4. The van der Waals surface area contributed by atoms with Crippen molar-refractivity contribution in [1.82, 2.24) is 9.66 Å². The van der Waals surface area contributed by atoms with Crippen molar-refractivity contribution in [3.05, 3.63) is 86.8 Å². The Morgan fingerprint density at radius 2 is 1.63 bits per heavy atom. The molecule has 0 bridgehead atoms. The Kier molecular flexibility index (Phi) is 4.46. The first-order chi connectivity index (χ1) is 13.0. The third kappa shape index (κ3) is 3.22. The van der Waals surface area contributed by atoms with E-state index in [2.05, 4.69) is 34.4 Å². The maximum atomic E-state index is 12.9. The number of hydrogen-bond donors (Lipinski definition) is 0. The van der Waals surface area contributed by atoms with Gasteiger partial charge in [0.15, 0.2) is 0 Å². The minimum atomic E-state index is -0.114. The first-order valence-corrected chi connectivity index (χ1v) is 9.55. The molecule has 2 aromatic carbocycles. The fraction of sp³-hybridized carbons (Fsp3) is 0.136. The predicted molar refractivity (Wildman–Crippen MR) is 113 cm³/mol. The van der Waals surface area contributed by atoms with E-state index in [0.29, 0.717) is 11.2 Å². The number of aryl methyl sites for hydroxylation is 3. The smallest absolute Gasteiger partial charge is 0.267 e. The van der Waals surface area contributed by atoms with Crippen molar-refractivity contribution in [3.8, 4) is 11.1 Å². The second kappa shape index (κ2) is 6.93. The van der Waals surface area contributed by atoms with Gasteiger partial charge in [-0.1, -0.05) is 54.6 Å². The van der Waals surface area contributed by atoms with E-state index in [4.69, 9.17) is 0 Å². The van der Waals surface area contributed by atoms with Crippen LogP contribution in [0.3, 0.4) is 0 Å².